The standard InChI is InChI=1S/C61H40B5N/c1-61(2)50-36-43(33-35-47(50)48-26-15-25-46(55(48)61)38-18-8-4-9-19-38)67(51-27-13-12-23-44(51)37-16-6-3-7-17-37)42-31-28-39(29-32-42)45-24-14-22-41-30-34-49(53(52(41)45)40-20-10-5-11-21-40)54-56(62)58(64)60(66)59(65)57(54)63/h3-36H,1-2H3. The molecule has 1 aliphatic rings. The first kappa shape index (κ1) is 42.2. The molecule has 0 atom stereocenters. The van der Waals surface area contributed by atoms with Crippen molar-refractivity contribution in [3.05, 3.63) is 217 Å². The van der Waals surface area contributed by atoms with E-state index in [4.69, 9.17) is 39.2 Å². The van der Waals surface area contributed by atoms with Crippen molar-refractivity contribution in [1.29, 1.82) is 0 Å². The van der Waals surface area contributed by atoms with Crippen LogP contribution in [0.15, 0.2) is 206 Å². The highest BCUT2D eigenvalue weighted by Gasteiger charge is 2.38. The number of nitrogens with zero attached hydrogens (tertiary/aromatic N) is 1. The summed E-state index contributed by atoms with van der Waals surface area (Å²) in [5, 5.41) is 2.11. The van der Waals surface area contributed by atoms with E-state index in [2.05, 4.69) is 207 Å². The average Bonchev–Trinajstić information content (AvgIpc) is 3.61. The molecular weight excluding hydrogens is 801 g/mol. The smallest absolute Gasteiger partial charge is 0.113 e. The highest BCUT2D eigenvalue weighted by atomic mass is 15.1. The molecule has 0 unspecified atom stereocenters. The fourth-order valence-electron chi connectivity index (χ4n) is 10.5. The van der Waals surface area contributed by atoms with Gasteiger partial charge in [0.15, 0.2) is 0 Å². The van der Waals surface area contributed by atoms with Crippen LogP contribution in [0.5, 0.6) is 0 Å². The number of rotatable bonds is 8. The lowest BCUT2D eigenvalue weighted by molar-refractivity contribution is 0.662. The molecule has 0 fully saturated rings. The van der Waals surface area contributed by atoms with E-state index in [-0.39, 0.29) is 21.8 Å². The SMILES string of the molecule is [B]c1c([B])c([B])c(-c2ccc3cccc(-c4ccc(N(c5ccc6c(c5)C(C)(C)c5c(-c7ccccc7)cccc5-6)c5ccccc5-c5ccccc5)cc4)c3c2-c2ccccc2)c([B])c1[B]. The van der Waals surface area contributed by atoms with E-state index in [9.17, 15) is 0 Å². The lowest BCUT2D eigenvalue weighted by Crippen LogP contribution is -2.55. The van der Waals surface area contributed by atoms with Gasteiger partial charge in [-0.3, -0.25) is 0 Å². The van der Waals surface area contributed by atoms with Gasteiger partial charge in [-0.1, -0.05) is 201 Å². The van der Waals surface area contributed by atoms with Gasteiger partial charge >= 0.3 is 0 Å². The quantitative estimate of drug-likeness (QED) is 0.138. The molecule has 0 aromatic heterocycles. The molecule has 10 aromatic rings. The third-order valence-electron chi connectivity index (χ3n) is 13.7. The Bertz CT molecular complexity index is 3500. The number of benzene rings is 10. The van der Waals surface area contributed by atoms with E-state index in [1.165, 1.54) is 33.4 Å². The Morgan fingerprint density at radius 1 is 0.343 bits per heavy atom. The Kier molecular flexibility index (Phi) is 10.6. The topological polar surface area (TPSA) is 3.24 Å². The summed E-state index contributed by atoms with van der Waals surface area (Å²) in [5.74, 6) is 0. The van der Waals surface area contributed by atoms with Crippen molar-refractivity contribution >= 4 is 94.4 Å². The van der Waals surface area contributed by atoms with Crippen molar-refractivity contribution in [3.63, 3.8) is 0 Å². The van der Waals surface area contributed by atoms with Gasteiger partial charge in [0, 0.05) is 22.4 Å². The van der Waals surface area contributed by atoms with Crippen LogP contribution in [0.4, 0.5) is 17.1 Å². The second-order valence-corrected chi connectivity index (χ2v) is 17.9. The number of para-hydroxylation sites is 1. The number of hydrogen-bond acceptors (Lipinski definition) is 1. The summed E-state index contributed by atoms with van der Waals surface area (Å²) in [7, 11) is 32.8. The molecule has 10 aromatic carbocycles. The van der Waals surface area contributed by atoms with Crippen LogP contribution in [0.2, 0.25) is 0 Å². The molecule has 0 aliphatic heterocycles. The van der Waals surface area contributed by atoms with Crippen molar-refractivity contribution in [2.45, 2.75) is 19.3 Å². The third kappa shape index (κ3) is 7.01. The summed E-state index contributed by atoms with van der Waals surface area (Å²) in [6.45, 7) is 4.73. The maximum atomic E-state index is 6.77. The zero-order valence-corrected chi connectivity index (χ0v) is 37.5. The largest absolute Gasteiger partial charge is 0.310 e. The van der Waals surface area contributed by atoms with Crippen LogP contribution in [-0.2, 0) is 5.41 Å². The van der Waals surface area contributed by atoms with Crippen LogP contribution in [-0.4, -0.2) is 39.2 Å². The second kappa shape index (κ2) is 16.8. The fraction of sp³-hybridized carbons (Fsp3) is 0.0492. The van der Waals surface area contributed by atoms with Gasteiger partial charge in [0.2, 0.25) is 0 Å². The van der Waals surface area contributed by atoms with E-state index in [0.29, 0.717) is 16.5 Å². The minimum atomic E-state index is -0.260. The Balaban J connectivity index is 1.09. The second-order valence-electron chi connectivity index (χ2n) is 17.9. The van der Waals surface area contributed by atoms with Crippen molar-refractivity contribution in [2.24, 2.45) is 0 Å². The summed E-state index contributed by atoms with van der Waals surface area (Å²) in [5.41, 5.74) is 19.6. The van der Waals surface area contributed by atoms with Crippen LogP contribution in [0.25, 0.3) is 77.5 Å². The van der Waals surface area contributed by atoms with E-state index in [1.54, 1.807) is 0 Å². The maximum Gasteiger partial charge on any atom is 0.113 e. The van der Waals surface area contributed by atoms with Crippen LogP contribution in [0.1, 0.15) is 25.0 Å². The van der Waals surface area contributed by atoms with Gasteiger partial charge in [-0.2, -0.15) is 0 Å². The maximum absolute atomic E-state index is 6.77. The average molecular weight is 841 g/mol. The number of fused-ring (bicyclic) bond motifs is 4. The zero-order valence-electron chi connectivity index (χ0n) is 37.5. The zero-order chi connectivity index (χ0) is 46.0. The summed E-state index contributed by atoms with van der Waals surface area (Å²) < 4.78 is 0. The summed E-state index contributed by atoms with van der Waals surface area (Å²) in [6.07, 6.45) is 0. The van der Waals surface area contributed by atoms with Crippen molar-refractivity contribution in [3.8, 4) is 66.8 Å². The molecule has 1 nitrogen and oxygen atoms in total. The van der Waals surface area contributed by atoms with E-state index in [1.807, 2.05) is 18.2 Å². The molecule has 0 saturated carbocycles. The van der Waals surface area contributed by atoms with Gasteiger partial charge < -0.3 is 4.90 Å². The number of hydrogen-bond donors (Lipinski definition) is 0. The molecule has 0 heterocycles. The van der Waals surface area contributed by atoms with Crippen LogP contribution < -0.4 is 32.2 Å². The summed E-state index contributed by atoms with van der Waals surface area (Å²) >= 11 is 0. The van der Waals surface area contributed by atoms with E-state index >= 15 is 0 Å². The Labute approximate surface area is 400 Å². The lowest BCUT2D eigenvalue weighted by atomic mass is 9.59. The molecule has 0 bridgehead atoms. The molecule has 67 heavy (non-hydrogen) atoms. The molecule has 304 valence electrons. The van der Waals surface area contributed by atoms with Crippen molar-refractivity contribution in [1.82, 2.24) is 0 Å². The van der Waals surface area contributed by atoms with Crippen LogP contribution in [0.3, 0.4) is 0 Å². The van der Waals surface area contributed by atoms with Gasteiger partial charge in [0.05, 0.1) is 5.69 Å². The van der Waals surface area contributed by atoms with Crippen LogP contribution >= 0.6 is 0 Å². The molecule has 0 amide bonds. The predicted octanol–water partition coefficient (Wildman–Crippen LogP) is 10.9. The van der Waals surface area contributed by atoms with Gasteiger partial charge in [0.1, 0.15) is 39.2 Å². The lowest BCUT2D eigenvalue weighted by Gasteiger charge is -2.30. The predicted molar refractivity (Wildman–Crippen MR) is 290 cm³/mol. The van der Waals surface area contributed by atoms with Gasteiger partial charge in [-0.05, 0) is 113 Å². The monoisotopic (exact) mass is 841 g/mol. The third-order valence-corrected chi connectivity index (χ3v) is 13.7. The van der Waals surface area contributed by atoms with E-state index < -0.39 is 0 Å². The number of anilines is 3. The first-order valence-electron chi connectivity index (χ1n) is 22.6. The van der Waals surface area contributed by atoms with Gasteiger partial charge in [-0.25, -0.2) is 0 Å². The molecule has 0 N–H and O–H groups in total. The Morgan fingerprint density at radius 3 is 1.51 bits per heavy atom. The van der Waals surface area contributed by atoms with Gasteiger partial charge in [-0.15, -0.1) is 16.4 Å². The molecule has 10 radical (unpaired) electrons. The molecule has 0 spiro atoms. The molecule has 1 aliphatic carbocycles. The Morgan fingerprint density at radius 2 is 0.836 bits per heavy atom. The molecular formula is C61H40B5N. The first-order chi connectivity index (χ1) is 32.6. The fourth-order valence-corrected chi connectivity index (χ4v) is 10.5. The summed E-state index contributed by atoms with van der Waals surface area (Å²) in [4.78, 5) is 2.40. The highest BCUT2D eigenvalue weighted by molar-refractivity contribution is 6.68. The highest BCUT2D eigenvalue weighted by Crippen LogP contribution is 2.54. The van der Waals surface area contributed by atoms with E-state index in [0.717, 1.165) is 66.8 Å². The first-order valence-corrected chi connectivity index (χ1v) is 22.6. The van der Waals surface area contributed by atoms with Crippen LogP contribution in [0, 0.1) is 0 Å². The molecule has 11 rings (SSSR count). The summed E-state index contributed by atoms with van der Waals surface area (Å²) in [6, 6.07) is 73.6. The van der Waals surface area contributed by atoms with Gasteiger partial charge in [0.25, 0.3) is 0 Å². The van der Waals surface area contributed by atoms with Crippen molar-refractivity contribution in [2.75, 3.05) is 4.90 Å². The molecule has 0 saturated heterocycles. The molecule has 6 heteroatoms. The Hall–Kier alpha value is -7.42. The minimum Gasteiger partial charge on any atom is -0.310 e. The van der Waals surface area contributed by atoms with Crippen molar-refractivity contribution < 1.29 is 0 Å². The minimum absolute atomic E-state index is 0.188. The normalized spacial score (nSPS) is 12.4.